The zero-order valence-electron chi connectivity index (χ0n) is 15.7. The van der Waals surface area contributed by atoms with E-state index in [1.807, 2.05) is 12.1 Å². The minimum atomic E-state index is -3.43. The fourth-order valence-electron chi connectivity index (χ4n) is 3.57. The van der Waals surface area contributed by atoms with Gasteiger partial charge in [0.15, 0.2) is 5.16 Å². The van der Waals surface area contributed by atoms with Crippen molar-refractivity contribution in [1.29, 1.82) is 0 Å². The predicted octanol–water partition coefficient (Wildman–Crippen LogP) is 2.17. The molecular weight excluding hydrogens is 386 g/mol. The summed E-state index contributed by atoms with van der Waals surface area (Å²) in [6, 6.07) is 3.80. The van der Waals surface area contributed by atoms with Gasteiger partial charge in [-0.25, -0.2) is 13.6 Å². The SMILES string of the molecule is CC1CC(C)CN(c2nnc(SCCCS(N)(=O)=O)n2Cc2ccco2)C1. The van der Waals surface area contributed by atoms with Crippen molar-refractivity contribution in [2.75, 3.05) is 29.5 Å². The Labute approximate surface area is 164 Å². The van der Waals surface area contributed by atoms with Crippen LogP contribution in [0.4, 0.5) is 5.95 Å². The van der Waals surface area contributed by atoms with Crippen LogP contribution in [0.3, 0.4) is 0 Å². The highest BCUT2D eigenvalue weighted by atomic mass is 32.2. The van der Waals surface area contributed by atoms with E-state index in [2.05, 4.69) is 33.5 Å². The van der Waals surface area contributed by atoms with E-state index in [0.29, 0.717) is 30.6 Å². The molecule has 2 N–H and O–H groups in total. The van der Waals surface area contributed by atoms with Crippen LogP contribution in [0.1, 0.15) is 32.4 Å². The third-order valence-electron chi connectivity index (χ3n) is 4.55. The molecule has 1 aliphatic heterocycles. The van der Waals surface area contributed by atoms with E-state index in [0.717, 1.165) is 30.0 Å². The number of sulfonamides is 1. The standard InChI is InChI=1S/C17H27N5O3S2/c1-13-9-14(2)11-21(10-13)16-19-20-17(26-7-4-8-27(18,23)24)22(16)12-15-5-3-6-25-15/h3,5-6,13-14H,4,7-12H2,1-2H3,(H2,18,23,24). The average molecular weight is 414 g/mol. The summed E-state index contributed by atoms with van der Waals surface area (Å²) >= 11 is 1.50. The lowest BCUT2D eigenvalue weighted by Crippen LogP contribution is -2.40. The summed E-state index contributed by atoms with van der Waals surface area (Å²) in [6.07, 6.45) is 3.35. The number of thioether (sulfide) groups is 1. The summed E-state index contributed by atoms with van der Waals surface area (Å²) in [7, 11) is -3.43. The number of nitrogens with zero attached hydrogens (tertiary/aromatic N) is 4. The lowest BCUT2D eigenvalue weighted by Gasteiger charge is -2.35. The summed E-state index contributed by atoms with van der Waals surface area (Å²) in [4.78, 5) is 2.29. The number of hydrogen-bond acceptors (Lipinski definition) is 7. The highest BCUT2D eigenvalue weighted by molar-refractivity contribution is 7.99. The monoisotopic (exact) mass is 413 g/mol. The van der Waals surface area contributed by atoms with Crippen molar-refractivity contribution in [3.8, 4) is 0 Å². The van der Waals surface area contributed by atoms with Gasteiger partial charge >= 0.3 is 0 Å². The topological polar surface area (TPSA) is 107 Å². The Balaban J connectivity index is 1.77. The molecule has 0 radical (unpaired) electrons. The number of hydrogen-bond donors (Lipinski definition) is 1. The molecular formula is C17H27N5O3S2. The van der Waals surface area contributed by atoms with Crippen molar-refractivity contribution in [3.63, 3.8) is 0 Å². The molecule has 0 aromatic carbocycles. The number of nitrogens with two attached hydrogens (primary N) is 1. The van der Waals surface area contributed by atoms with Gasteiger partial charge in [-0.2, -0.15) is 0 Å². The molecule has 2 aromatic rings. The van der Waals surface area contributed by atoms with E-state index < -0.39 is 10.0 Å². The summed E-state index contributed by atoms with van der Waals surface area (Å²) in [5.74, 6) is 3.47. The molecule has 150 valence electrons. The Kier molecular flexibility index (Phi) is 6.48. The number of anilines is 1. The maximum Gasteiger partial charge on any atom is 0.228 e. The molecule has 1 saturated heterocycles. The first-order valence-electron chi connectivity index (χ1n) is 9.15. The maximum absolute atomic E-state index is 11.1. The average Bonchev–Trinajstić information content (AvgIpc) is 3.20. The molecule has 8 nitrogen and oxygen atoms in total. The zero-order chi connectivity index (χ0) is 19.4. The highest BCUT2D eigenvalue weighted by Gasteiger charge is 2.27. The smallest absolute Gasteiger partial charge is 0.228 e. The van der Waals surface area contributed by atoms with Crippen LogP contribution >= 0.6 is 11.8 Å². The molecule has 0 aliphatic carbocycles. The van der Waals surface area contributed by atoms with E-state index >= 15 is 0 Å². The molecule has 0 amide bonds. The second kappa shape index (κ2) is 8.66. The molecule has 3 rings (SSSR count). The molecule has 2 aromatic heterocycles. The molecule has 0 spiro atoms. The van der Waals surface area contributed by atoms with Gasteiger partial charge in [0.2, 0.25) is 16.0 Å². The summed E-state index contributed by atoms with van der Waals surface area (Å²) in [5.41, 5.74) is 0. The molecule has 1 aliphatic rings. The zero-order valence-corrected chi connectivity index (χ0v) is 17.4. The molecule has 1 fully saturated rings. The van der Waals surface area contributed by atoms with Crippen molar-refractivity contribution in [3.05, 3.63) is 24.2 Å². The van der Waals surface area contributed by atoms with Crippen LogP contribution in [-0.4, -0.2) is 47.8 Å². The van der Waals surface area contributed by atoms with E-state index in [1.54, 1.807) is 6.26 Å². The Morgan fingerprint density at radius 1 is 1.30 bits per heavy atom. The molecule has 3 heterocycles. The molecule has 2 atom stereocenters. The summed E-state index contributed by atoms with van der Waals surface area (Å²) < 4.78 is 29.8. The maximum atomic E-state index is 11.1. The van der Waals surface area contributed by atoms with Crippen molar-refractivity contribution in [2.45, 2.75) is 38.4 Å². The summed E-state index contributed by atoms with van der Waals surface area (Å²) in [6.45, 7) is 6.98. The fraction of sp³-hybridized carbons (Fsp3) is 0.647. The van der Waals surface area contributed by atoms with E-state index in [-0.39, 0.29) is 5.75 Å². The van der Waals surface area contributed by atoms with Crippen LogP contribution in [0.5, 0.6) is 0 Å². The van der Waals surface area contributed by atoms with Gasteiger partial charge in [-0.1, -0.05) is 25.6 Å². The van der Waals surface area contributed by atoms with Crippen LogP contribution in [0.25, 0.3) is 0 Å². The Morgan fingerprint density at radius 3 is 2.67 bits per heavy atom. The van der Waals surface area contributed by atoms with Gasteiger partial charge in [-0.05, 0) is 36.8 Å². The second-order valence-electron chi connectivity index (χ2n) is 7.37. The Hall–Kier alpha value is -1.52. The fourth-order valence-corrected chi connectivity index (χ4v) is 5.17. The molecule has 27 heavy (non-hydrogen) atoms. The van der Waals surface area contributed by atoms with Crippen LogP contribution < -0.4 is 10.0 Å². The minimum Gasteiger partial charge on any atom is -0.467 e. The third kappa shape index (κ3) is 5.73. The van der Waals surface area contributed by atoms with Crippen LogP contribution in [-0.2, 0) is 16.6 Å². The van der Waals surface area contributed by atoms with Gasteiger partial charge in [0.1, 0.15) is 5.76 Å². The Bertz CT molecular complexity index is 825. The normalized spacial score (nSPS) is 20.9. The van der Waals surface area contributed by atoms with Crippen molar-refractivity contribution in [1.82, 2.24) is 14.8 Å². The second-order valence-corrected chi connectivity index (χ2v) is 10.2. The minimum absolute atomic E-state index is 0.0274. The van der Waals surface area contributed by atoms with Crippen molar-refractivity contribution < 1.29 is 12.8 Å². The summed E-state index contributed by atoms with van der Waals surface area (Å²) in [5, 5.41) is 14.7. The number of furan rings is 1. The number of piperidine rings is 1. The quantitative estimate of drug-likeness (QED) is 0.522. The first kappa shape index (κ1) is 20.2. The first-order valence-corrected chi connectivity index (χ1v) is 11.9. The predicted molar refractivity (Wildman–Crippen MR) is 106 cm³/mol. The van der Waals surface area contributed by atoms with Crippen LogP contribution in [0, 0.1) is 11.8 Å². The highest BCUT2D eigenvalue weighted by Crippen LogP contribution is 2.29. The number of aromatic nitrogens is 3. The number of rotatable bonds is 8. The largest absolute Gasteiger partial charge is 0.467 e. The van der Waals surface area contributed by atoms with Gasteiger partial charge in [0, 0.05) is 18.8 Å². The van der Waals surface area contributed by atoms with Crippen molar-refractivity contribution >= 4 is 27.7 Å². The molecule has 10 heteroatoms. The van der Waals surface area contributed by atoms with Gasteiger partial charge in [0.05, 0.1) is 18.6 Å². The third-order valence-corrected chi connectivity index (χ3v) is 6.46. The van der Waals surface area contributed by atoms with Gasteiger partial charge < -0.3 is 9.32 Å². The first-order chi connectivity index (χ1) is 12.8. The van der Waals surface area contributed by atoms with Crippen LogP contribution in [0.15, 0.2) is 28.0 Å². The molecule has 0 bridgehead atoms. The van der Waals surface area contributed by atoms with E-state index in [4.69, 9.17) is 9.56 Å². The lowest BCUT2D eigenvalue weighted by molar-refractivity contribution is 0.350. The Morgan fingerprint density at radius 2 is 2.04 bits per heavy atom. The van der Waals surface area contributed by atoms with Crippen molar-refractivity contribution in [2.24, 2.45) is 17.0 Å². The van der Waals surface area contributed by atoms with Gasteiger partial charge in [-0.3, -0.25) is 4.57 Å². The number of primary sulfonamides is 1. The van der Waals surface area contributed by atoms with E-state index in [9.17, 15) is 8.42 Å². The van der Waals surface area contributed by atoms with Gasteiger partial charge in [-0.15, -0.1) is 10.2 Å². The molecule has 2 unspecified atom stereocenters. The van der Waals surface area contributed by atoms with E-state index in [1.165, 1.54) is 18.2 Å². The van der Waals surface area contributed by atoms with Gasteiger partial charge in [0.25, 0.3) is 0 Å². The molecule has 0 saturated carbocycles. The lowest BCUT2D eigenvalue weighted by atomic mass is 9.92. The van der Waals surface area contributed by atoms with Crippen LogP contribution in [0.2, 0.25) is 0 Å².